The maximum absolute atomic E-state index is 5.64. The fourth-order valence-corrected chi connectivity index (χ4v) is 3.23. The Morgan fingerprint density at radius 1 is 1.47 bits per heavy atom. The molecule has 1 fully saturated rings. The minimum Gasteiger partial charge on any atom is -0.494 e. The van der Waals surface area contributed by atoms with Gasteiger partial charge in [-0.3, -0.25) is 0 Å². The monoisotopic (exact) mass is 251 g/mol. The minimum absolute atomic E-state index is 0.599. The van der Waals surface area contributed by atoms with E-state index in [2.05, 4.69) is 37.4 Å². The molecule has 2 nitrogen and oxygen atoms in total. The average molecular weight is 251 g/mol. The minimum atomic E-state index is 0.599. The van der Waals surface area contributed by atoms with E-state index in [4.69, 9.17) is 4.74 Å². The molecule has 2 rings (SSSR count). The number of thioether (sulfide) groups is 1. The fourth-order valence-electron chi connectivity index (χ4n) is 2.03. The first-order valence-electron chi connectivity index (χ1n) is 6.40. The first-order chi connectivity index (χ1) is 8.29. The molecule has 2 unspecified atom stereocenters. The number of benzene rings is 1. The molecule has 3 heteroatoms. The molecule has 0 amide bonds. The van der Waals surface area contributed by atoms with Gasteiger partial charge in [0.2, 0.25) is 0 Å². The zero-order valence-electron chi connectivity index (χ0n) is 10.6. The Morgan fingerprint density at radius 2 is 2.35 bits per heavy atom. The zero-order valence-corrected chi connectivity index (χ0v) is 11.4. The van der Waals surface area contributed by atoms with Gasteiger partial charge in [-0.05, 0) is 30.7 Å². The summed E-state index contributed by atoms with van der Waals surface area (Å²) in [5.41, 5.74) is 1.18. The van der Waals surface area contributed by atoms with Gasteiger partial charge in [-0.2, -0.15) is 11.8 Å². The SMILES string of the molecule is CCCOc1cccc(NC2CCSC2C)c1. The number of nitrogens with one attached hydrogen (secondary N) is 1. The highest BCUT2D eigenvalue weighted by atomic mass is 32.2. The molecule has 0 saturated carbocycles. The van der Waals surface area contributed by atoms with Crippen LogP contribution in [0.15, 0.2) is 24.3 Å². The van der Waals surface area contributed by atoms with Crippen LogP contribution < -0.4 is 10.1 Å². The molecule has 0 aliphatic carbocycles. The highest BCUT2D eigenvalue weighted by Gasteiger charge is 2.23. The maximum Gasteiger partial charge on any atom is 0.121 e. The number of hydrogen-bond donors (Lipinski definition) is 1. The second kappa shape index (κ2) is 6.20. The van der Waals surface area contributed by atoms with Gasteiger partial charge in [0.25, 0.3) is 0 Å². The number of hydrogen-bond acceptors (Lipinski definition) is 3. The van der Waals surface area contributed by atoms with Gasteiger partial charge in [0.1, 0.15) is 5.75 Å². The molecule has 17 heavy (non-hydrogen) atoms. The number of rotatable bonds is 5. The predicted molar refractivity (Wildman–Crippen MR) is 76.2 cm³/mol. The summed E-state index contributed by atoms with van der Waals surface area (Å²) in [6.45, 7) is 5.21. The van der Waals surface area contributed by atoms with Crippen LogP contribution in [0.2, 0.25) is 0 Å². The Labute approximate surface area is 108 Å². The van der Waals surface area contributed by atoms with Crippen LogP contribution in [0.25, 0.3) is 0 Å². The Bertz CT molecular complexity index is 356. The van der Waals surface area contributed by atoms with E-state index in [-0.39, 0.29) is 0 Å². The fraction of sp³-hybridized carbons (Fsp3) is 0.571. The van der Waals surface area contributed by atoms with E-state index in [0.717, 1.165) is 18.8 Å². The summed E-state index contributed by atoms with van der Waals surface area (Å²) >= 11 is 2.05. The summed E-state index contributed by atoms with van der Waals surface area (Å²) < 4.78 is 5.64. The summed E-state index contributed by atoms with van der Waals surface area (Å²) in [4.78, 5) is 0. The molecular formula is C14H21NOS. The third-order valence-corrected chi connectivity index (χ3v) is 4.36. The van der Waals surface area contributed by atoms with Crippen LogP contribution >= 0.6 is 11.8 Å². The third-order valence-electron chi connectivity index (χ3n) is 3.04. The van der Waals surface area contributed by atoms with Crippen molar-refractivity contribution in [2.24, 2.45) is 0 Å². The van der Waals surface area contributed by atoms with Gasteiger partial charge in [0.15, 0.2) is 0 Å². The van der Waals surface area contributed by atoms with Gasteiger partial charge in [-0.1, -0.05) is 19.9 Å². The van der Waals surface area contributed by atoms with Crippen LogP contribution in [0.5, 0.6) is 5.75 Å². The topological polar surface area (TPSA) is 21.3 Å². The lowest BCUT2D eigenvalue weighted by Gasteiger charge is -2.18. The lowest BCUT2D eigenvalue weighted by molar-refractivity contribution is 0.317. The number of anilines is 1. The van der Waals surface area contributed by atoms with Gasteiger partial charge in [0.05, 0.1) is 6.61 Å². The van der Waals surface area contributed by atoms with Gasteiger partial charge in [0, 0.05) is 23.0 Å². The van der Waals surface area contributed by atoms with Crippen LogP contribution in [0.4, 0.5) is 5.69 Å². The van der Waals surface area contributed by atoms with Gasteiger partial charge in [-0.25, -0.2) is 0 Å². The summed E-state index contributed by atoms with van der Waals surface area (Å²) in [5.74, 6) is 2.24. The smallest absolute Gasteiger partial charge is 0.121 e. The Balaban J connectivity index is 1.95. The Hall–Kier alpha value is -0.830. The maximum atomic E-state index is 5.64. The van der Waals surface area contributed by atoms with Crippen molar-refractivity contribution in [3.05, 3.63) is 24.3 Å². The second-order valence-corrected chi connectivity index (χ2v) is 5.98. The second-order valence-electron chi connectivity index (χ2n) is 4.49. The summed E-state index contributed by atoms with van der Waals surface area (Å²) in [7, 11) is 0. The molecule has 0 bridgehead atoms. The zero-order chi connectivity index (χ0) is 12.1. The van der Waals surface area contributed by atoms with Crippen molar-refractivity contribution in [3.8, 4) is 5.75 Å². The molecule has 0 aromatic heterocycles. The van der Waals surface area contributed by atoms with E-state index < -0.39 is 0 Å². The van der Waals surface area contributed by atoms with E-state index in [0.29, 0.717) is 11.3 Å². The largest absolute Gasteiger partial charge is 0.494 e. The average Bonchev–Trinajstić information content (AvgIpc) is 2.73. The van der Waals surface area contributed by atoms with Crippen molar-refractivity contribution in [1.82, 2.24) is 0 Å². The molecule has 1 aromatic rings. The molecule has 1 aliphatic rings. The standard InChI is InChI=1S/C14H21NOS/c1-3-8-16-13-6-4-5-12(10-13)15-14-7-9-17-11(14)2/h4-6,10-11,14-15H,3,7-9H2,1-2H3. The van der Waals surface area contributed by atoms with Crippen molar-refractivity contribution >= 4 is 17.4 Å². The van der Waals surface area contributed by atoms with Crippen molar-refractivity contribution < 1.29 is 4.74 Å². The van der Waals surface area contributed by atoms with E-state index in [1.54, 1.807) is 0 Å². The Kier molecular flexibility index (Phi) is 4.60. The molecular weight excluding hydrogens is 230 g/mol. The van der Waals surface area contributed by atoms with Crippen molar-refractivity contribution in [3.63, 3.8) is 0 Å². The molecule has 1 saturated heterocycles. The molecule has 94 valence electrons. The predicted octanol–water partition coefficient (Wildman–Crippen LogP) is 3.78. The van der Waals surface area contributed by atoms with Crippen molar-refractivity contribution in [1.29, 1.82) is 0 Å². The first kappa shape index (κ1) is 12.6. The van der Waals surface area contributed by atoms with Gasteiger partial charge < -0.3 is 10.1 Å². The first-order valence-corrected chi connectivity index (χ1v) is 7.45. The van der Waals surface area contributed by atoms with E-state index in [9.17, 15) is 0 Å². The molecule has 2 atom stereocenters. The quantitative estimate of drug-likeness (QED) is 0.860. The van der Waals surface area contributed by atoms with Crippen LogP contribution in [0.1, 0.15) is 26.7 Å². The van der Waals surface area contributed by atoms with Crippen molar-refractivity contribution in [2.45, 2.75) is 38.0 Å². The van der Waals surface area contributed by atoms with Crippen LogP contribution in [-0.2, 0) is 0 Å². The highest BCUT2D eigenvalue weighted by Crippen LogP contribution is 2.29. The summed E-state index contributed by atoms with van der Waals surface area (Å²) in [6.07, 6.45) is 2.31. The highest BCUT2D eigenvalue weighted by molar-refractivity contribution is 8.00. The molecule has 0 radical (unpaired) electrons. The van der Waals surface area contributed by atoms with Crippen molar-refractivity contribution in [2.75, 3.05) is 17.7 Å². The van der Waals surface area contributed by atoms with Crippen LogP contribution in [0, 0.1) is 0 Å². The van der Waals surface area contributed by atoms with Gasteiger partial charge in [-0.15, -0.1) is 0 Å². The molecule has 1 heterocycles. The molecule has 0 spiro atoms. The van der Waals surface area contributed by atoms with Crippen LogP contribution in [0.3, 0.4) is 0 Å². The van der Waals surface area contributed by atoms with Crippen LogP contribution in [-0.4, -0.2) is 23.7 Å². The van der Waals surface area contributed by atoms with E-state index in [1.165, 1.54) is 17.9 Å². The molecule has 1 N–H and O–H groups in total. The third kappa shape index (κ3) is 3.56. The van der Waals surface area contributed by atoms with E-state index >= 15 is 0 Å². The molecule has 1 aromatic carbocycles. The molecule has 1 aliphatic heterocycles. The lowest BCUT2D eigenvalue weighted by atomic mass is 10.1. The lowest BCUT2D eigenvalue weighted by Crippen LogP contribution is -2.24. The van der Waals surface area contributed by atoms with E-state index in [1.807, 2.05) is 17.8 Å². The number of ether oxygens (including phenoxy) is 1. The summed E-state index contributed by atoms with van der Waals surface area (Å²) in [5, 5.41) is 4.31. The Morgan fingerprint density at radius 3 is 3.06 bits per heavy atom. The van der Waals surface area contributed by atoms with Gasteiger partial charge >= 0.3 is 0 Å². The summed E-state index contributed by atoms with van der Waals surface area (Å²) in [6, 6.07) is 8.90. The normalized spacial score (nSPS) is 23.6.